The Morgan fingerprint density at radius 1 is 1.12 bits per heavy atom. The molecule has 1 aromatic carbocycles. The summed E-state index contributed by atoms with van der Waals surface area (Å²) in [4.78, 5) is 22.1. The summed E-state index contributed by atoms with van der Waals surface area (Å²) in [7, 11) is 0. The van der Waals surface area contributed by atoms with Gasteiger partial charge in [-0.3, -0.25) is 4.79 Å². The summed E-state index contributed by atoms with van der Waals surface area (Å²) < 4.78 is 0. The first-order valence-electron chi connectivity index (χ1n) is 8.92. The van der Waals surface area contributed by atoms with Gasteiger partial charge in [-0.25, -0.2) is 4.98 Å². The van der Waals surface area contributed by atoms with Crippen molar-refractivity contribution in [2.45, 2.75) is 31.7 Å². The molecule has 2 aliphatic rings. The molecule has 3 heterocycles. The highest BCUT2D eigenvalue weighted by Gasteiger charge is 2.27. The Morgan fingerprint density at radius 3 is 2.67 bits per heavy atom. The van der Waals surface area contributed by atoms with Gasteiger partial charge in [-0.05, 0) is 37.8 Å². The first-order valence-corrected chi connectivity index (χ1v) is 8.92. The van der Waals surface area contributed by atoms with Crippen molar-refractivity contribution in [3.05, 3.63) is 35.9 Å². The van der Waals surface area contributed by atoms with Gasteiger partial charge >= 0.3 is 0 Å². The number of piperidine rings is 1. The van der Waals surface area contributed by atoms with E-state index >= 15 is 0 Å². The van der Waals surface area contributed by atoms with Gasteiger partial charge in [0.2, 0.25) is 0 Å². The van der Waals surface area contributed by atoms with E-state index in [1.165, 1.54) is 19.3 Å². The number of nitrogens with zero attached hydrogens (tertiary/aromatic N) is 3. The second-order valence-corrected chi connectivity index (χ2v) is 6.89. The molecule has 2 aromatic rings. The molecule has 0 radical (unpaired) electrons. The second kappa shape index (κ2) is 6.40. The van der Waals surface area contributed by atoms with E-state index in [0.29, 0.717) is 6.54 Å². The van der Waals surface area contributed by atoms with Gasteiger partial charge in [-0.2, -0.15) is 0 Å². The van der Waals surface area contributed by atoms with Crippen LogP contribution in [0.3, 0.4) is 0 Å². The number of carbonyl (C=O) groups is 1. The molecule has 4 rings (SSSR count). The third kappa shape index (κ3) is 2.84. The van der Waals surface area contributed by atoms with E-state index in [1.54, 1.807) is 0 Å². The van der Waals surface area contributed by atoms with Crippen LogP contribution in [0.4, 0.5) is 5.82 Å². The van der Waals surface area contributed by atoms with Crippen molar-refractivity contribution < 1.29 is 4.79 Å². The first-order chi connectivity index (χ1) is 11.7. The van der Waals surface area contributed by atoms with Crippen molar-refractivity contribution in [2.75, 3.05) is 31.1 Å². The largest absolute Gasteiger partial charge is 0.357 e. The fourth-order valence-corrected chi connectivity index (χ4v) is 3.77. The smallest absolute Gasteiger partial charge is 0.254 e. The number of para-hydroxylation sites is 1. The maximum Gasteiger partial charge on any atom is 0.254 e. The lowest BCUT2D eigenvalue weighted by Crippen LogP contribution is -2.33. The number of carbonyl (C=O) groups excluding carboxylic acids is 1. The molecule has 5 nitrogen and oxygen atoms in total. The molecule has 2 saturated heterocycles. The molecule has 2 N–H and O–H groups in total. The number of anilines is 1. The van der Waals surface area contributed by atoms with Gasteiger partial charge in [-0.1, -0.05) is 18.2 Å². The maximum absolute atomic E-state index is 13.1. The molecule has 24 heavy (non-hydrogen) atoms. The minimum absolute atomic E-state index is 0.0832. The van der Waals surface area contributed by atoms with Crippen LogP contribution in [0.1, 0.15) is 36.0 Å². The van der Waals surface area contributed by atoms with Crippen LogP contribution in [0.2, 0.25) is 0 Å². The number of hydrogen-bond donors (Lipinski definition) is 1. The van der Waals surface area contributed by atoms with Gasteiger partial charge in [-0.15, -0.1) is 0 Å². The Hall–Kier alpha value is -2.14. The monoisotopic (exact) mass is 324 g/mol. The fourth-order valence-electron chi connectivity index (χ4n) is 3.77. The van der Waals surface area contributed by atoms with E-state index < -0.39 is 0 Å². The van der Waals surface area contributed by atoms with Crippen LogP contribution in [-0.4, -0.2) is 48.0 Å². The zero-order valence-corrected chi connectivity index (χ0v) is 13.9. The van der Waals surface area contributed by atoms with E-state index in [9.17, 15) is 4.79 Å². The zero-order chi connectivity index (χ0) is 16.5. The fraction of sp³-hybridized carbons (Fsp3) is 0.474. The lowest BCUT2D eigenvalue weighted by Gasteiger charge is -2.28. The molecule has 2 aliphatic heterocycles. The molecule has 0 bridgehead atoms. The number of likely N-dealkylation sites (tertiary alicyclic amines) is 1. The minimum Gasteiger partial charge on any atom is -0.357 e. The Kier molecular flexibility index (Phi) is 4.10. The summed E-state index contributed by atoms with van der Waals surface area (Å²) in [6.45, 7) is 3.44. The summed E-state index contributed by atoms with van der Waals surface area (Å²) in [6, 6.07) is 10.0. The molecule has 5 heteroatoms. The third-order valence-electron chi connectivity index (χ3n) is 5.13. The summed E-state index contributed by atoms with van der Waals surface area (Å²) in [6.07, 6.45) is 4.55. The second-order valence-electron chi connectivity index (χ2n) is 6.89. The number of rotatable bonds is 2. The van der Waals surface area contributed by atoms with Gasteiger partial charge in [0.05, 0.1) is 11.1 Å². The minimum atomic E-state index is 0.0832. The predicted molar refractivity (Wildman–Crippen MR) is 96.3 cm³/mol. The van der Waals surface area contributed by atoms with Crippen LogP contribution < -0.4 is 10.6 Å². The topological polar surface area (TPSA) is 62.5 Å². The highest BCUT2D eigenvalue weighted by Crippen LogP contribution is 2.27. The Bertz CT molecular complexity index is 754. The molecule has 0 saturated carbocycles. The van der Waals surface area contributed by atoms with Crippen molar-refractivity contribution >= 4 is 22.6 Å². The molecule has 1 unspecified atom stereocenters. The molecule has 2 fully saturated rings. The van der Waals surface area contributed by atoms with Crippen LogP contribution >= 0.6 is 0 Å². The molecule has 1 atom stereocenters. The number of hydrogen-bond acceptors (Lipinski definition) is 4. The van der Waals surface area contributed by atoms with Gasteiger partial charge in [0.1, 0.15) is 5.82 Å². The van der Waals surface area contributed by atoms with E-state index in [0.717, 1.165) is 48.3 Å². The molecule has 1 aromatic heterocycles. The molecular weight excluding hydrogens is 300 g/mol. The Morgan fingerprint density at radius 2 is 1.92 bits per heavy atom. The summed E-state index contributed by atoms with van der Waals surface area (Å²) in [5.74, 6) is 1.01. The number of pyridine rings is 1. The van der Waals surface area contributed by atoms with Gasteiger partial charge in [0.15, 0.2) is 0 Å². The lowest BCUT2D eigenvalue weighted by molar-refractivity contribution is 0.0793. The van der Waals surface area contributed by atoms with Crippen LogP contribution in [-0.2, 0) is 0 Å². The van der Waals surface area contributed by atoms with Crippen molar-refractivity contribution in [3.63, 3.8) is 0 Å². The van der Waals surface area contributed by atoms with Crippen LogP contribution in [0.15, 0.2) is 30.3 Å². The van der Waals surface area contributed by atoms with Crippen molar-refractivity contribution in [1.29, 1.82) is 0 Å². The molecule has 126 valence electrons. The predicted octanol–water partition coefficient (Wildman–Crippen LogP) is 2.40. The average Bonchev–Trinajstić information content (AvgIpc) is 3.07. The van der Waals surface area contributed by atoms with E-state index in [-0.39, 0.29) is 11.9 Å². The van der Waals surface area contributed by atoms with Crippen molar-refractivity contribution in [1.82, 2.24) is 9.88 Å². The Balaban J connectivity index is 1.76. The van der Waals surface area contributed by atoms with E-state index in [4.69, 9.17) is 10.7 Å². The normalized spacial score (nSPS) is 21.5. The van der Waals surface area contributed by atoms with Gasteiger partial charge in [0.25, 0.3) is 5.91 Å². The first kappa shape index (κ1) is 15.4. The molecule has 1 amide bonds. The molecule has 0 aliphatic carbocycles. The van der Waals surface area contributed by atoms with E-state index in [2.05, 4.69) is 4.90 Å². The Labute approximate surface area is 142 Å². The average molecular weight is 324 g/mol. The number of nitrogens with two attached hydrogens (primary N) is 1. The summed E-state index contributed by atoms with van der Waals surface area (Å²) in [5, 5.41) is 0.934. The lowest BCUT2D eigenvalue weighted by atomic mass is 10.1. The van der Waals surface area contributed by atoms with E-state index in [1.807, 2.05) is 35.2 Å². The van der Waals surface area contributed by atoms with Crippen LogP contribution in [0, 0.1) is 0 Å². The number of benzene rings is 1. The van der Waals surface area contributed by atoms with Gasteiger partial charge in [0, 0.05) is 37.6 Å². The van der Waals surface area contributed by atoms with Crippen molar-refractivity contribution in [3.8, 4) is 0 Å². The number of fused-ring (bicyclic) bond motifs is 1. The third-order valence-corrected chi connectivity index (χ3v) is 5.13. The van der Waals surface area contributed by atoms with Crippen LogP contribution in [0.5, 0.6) is 0 Å². The summed E-state index contributed by atoms with van der Waals surface area (Å²) >= 11 is 0. The van der Waals surface area contributed by atoms with Gasteiger partial charge < -0.3 is 15.5 Å². The number of aromatic nitrogens is 1. The molecule has 0 spiro atoms. The van der Waals surface area contributed by atoms with Crippen molar-refractivity contribution in [2.24, 2.45) is 5.73 Å². The summed E-state index contributed by atoms with van der Waals surface area (Å²) in [5.41, 5.74) is 7.64. The quantitative estimate of drug-likeness (QED) is 0.921. The number of amides is 1. The molecular formula is C19H24N4O. The standard InChI is InChI=1S/C19H24N4O/c20-14-8-11-23(13-14)19(24)16-12-18(22-9-4-1-5-10-22)21-17-7-3-2-6-15(16)17/h2-3,6-7,12,14H,1,4-5,8-11,13,20H2. The zero-order valence-electron chi connectivity index (χ0n) is 13.9. The SMILES string of the molecule is NC1CCN(C(=O)c2cc(N3CCCCC3)nc3ccccc23)C1. The van der Waals surface area contributed by atoms with Crippen LogP contribution in [0.25, 0.3) is 10.9 Å². The highest BCUT2D eigenvalue weighted by atomic mass is 16.2. The maximum atomic E-state index is 13.1. The highest BCUT2D eigenvalue weighted by molar-refractivity contribution is 6.07.